The first-order chi connectivity index (χ1) is 9.15. The summed E-state index contributed by atoms with van der Waals surface area (Å²) in [7, 11) is 0. The molecule has 0 radical (unpaired) electrons. The number of alkyl halides is 9. The molecule has 0 heterocycles. The summed E-state index contributed by atoms with van der Waals surface area (Å²) in [5.41, 5.74) is -5.61. The molecule has 10 heteroatoms. The lowest BCUT2D eigenvalue weighted by Crippen LogP contribution is -2.22. The lowest BCUT2D eigenvalue weighted by molar-refractivity contribution is -0.154. The quantitative estimate of drug-likeness (QED) is 0.712. The van der Waals surface area contributed by atoms with Crippen LogP contribution in [0.15, 0.2) is 12.1 Å². The van der Waals surface area contributed by atoms with Gasteiger partial charge in [-0.25, -0.2) is 0 Å². The summed E-state index contributed by atoms with van der Waals surface area (Å²) in [5.74, 6) is -4.39. The minimum Gasteiger partial charge on any atom is -0.507 e. The summed E-state index contributed by atoms with van der Waals surface area (Å²) < 4.78 is 113. The fourth-order valence-corrected chi connectivity index (χ4v) is 1.61. The molecule has 1 aromatic rings. The highest BCUT2D eigenvalue weighted by atomic mass is 19.4. The maximum absolute atomic E-state index is 12.7. The van der Waals surface area contributed by atoms with Gasteiger partial charge in [-0.2, -0.15) is 39.5 Å². The van der Waals surface area contributed by atoms with E-state index in [0.717, 1.165) is 0 Å². The van der Waals surface area contributed by atoms with Crippen LogP contribution < -0.4 is 0 Å². The second-order valence-corrected chi connectivity index (χ2v) is 4.22. The standard InChI is InChI=1S/C11H7F9O/c1-4(9(12,13)14)5-2-8(21)7(11(18,19)20)3-6(5)10(15,16)17/h2-4,21H,1H3. The van der Waals surface area contributed by atoms with Crippen molar-refractivity contribution in [2.45, 2.75) is 31.4 Å². The largest absolute Gasteiger partial charge is 0.507 e. The van der Waals surface area contributed by atoms with Gasteiger partial charge in [-0.05, 0) is 24.6 Å². The minimum atomic E-state index is -5.43. The van der Waals surface area contributed by atoms with E-state index in [9.17, 15) is 39.5 Å². The summed E-state index contributed by atoms with van der Waals surface area (Å²) in [5, 5.41) is 9.08. The lowest BCUT2D eigenvalue weighted by Gasteiger charge is -2.22. The van der Waals surface area contributed by atoms with Crippen molar-refractivity contribution in [3.8, 4) is 5.75 Å². The minimum absolute atomic E-state index is 0.149. The van der Waals surface area contributed by atoms with Gasteiger partial charge in [-0.15, -0.1) is 0 Å². The molecular formula is C11H7F9O. The van der Waals surface area contributed by atoms with E-state index in [1.165, 1.54) is 0 Å². The Balaban J connectivity index is 3.63. The van der Waals surface area contributed by atoms with Gasteiger partial charge < -0.3 is 5.11 Å². The molecule has 0 fully saturated rings. The molecule has 21 heavy (non-hydrogen) atoms. The highest BCUT2D eigenvalue weighted by molar-refractivity contribution is 5.46. The van der Waals surface area contributed by atoms with Crippen molar-refractivity contribution in [2.24, 2.45) is 0 Å². The van der Waals surface area contributed by atoms with Crippen molar-refractivity contribution in [2.75, 3.05) is 0 Å². The van der Waals surface area contributed by atoms with Crippen LogP contribution in [0.4, 0.5) is 39.5 Å². The second-order valence-electron chi connectivity index (χ2n) is 4.22. The smallest absolute Gasteiger partial charge is 0.419 e. The zero-order chi connectivity index (χ0) is 16.8. The maximum Gasteiger partial charge on any atom is 0.419 e. The van der Waals surface area contributed by atoms with Gasteiger partial charge in [-0.3, -0.25) is 0 Å². The second kappa shape index (κ2) is 4.99. The predicted octanol–water partition coefficient (Wildman–Crippen LogP) is 5.10. The van der Waals surface area contributed by atoms with Gasteiger partial charge in [0.15, 0.2) is 0 Å². The molecule has 1 N–H and O–H groups in total. The number of rotatable bonds is 1. The third-order valence-electron chi connectivity index (χ3n) is 2.74. The highest BCUT2D eigenvalue weighted by Gasteiger charge is 2.45. The van der Waals surface area contributed by atoms with Gasteiger partial charge in [-0.1, -0.05) is 0 Å². The number of hydrogen-bond acceptors (Lipinski definition) is 1. The van der Waals surface area contributed by atoms with Crippen molar-refractivity contribution >= 4 is 0 Å². The summed E-state index contributed by atoms with van der Waals surface area (Å²) in [6.07, 6.45) is -15.9. The number of phenolic OH excluding ortho intramolecular Hbond substituents is 1. The number of hydrogen-bond donors (Lipinski definition) is 1. The van der Waals surface area contributed by atoms with Crippen LogP contribution in [-0.4, -0.2) is 11.3 Å². The Morgan fingerprint density at radius 3 is 1.57 bits per heavy atom. The zero-order valence-corrected chi connectivity index (χ0v) is 10.1. The van der Waals surface area contributed by atoms with E-state index in [-0.39, 0.29) is 6.07 Å². The number of phenols is 1. The summed E-state index contributed by atoms with van der Waals surface area (Å²) in [4.78, 5) is 0. The van der Waals surface area contributed by atoms with Crippen LogP contribution in [0, 0.1) is 0 Å². The Bertz CT molecular complexity index is 524. The molecular weight excluding hydrogens is 319 g/mol. The Kier molecular flexibility index (Phi) is 4.14. The number of aromatic hydroxyl groups is 1. The van der Waals surface area contributed by atoms with E-state index >= 15 is 0 Å². The molecule has 120 valence electrons. The van der Waals surface area contributed by atoms with Crippen molar-refractivity contribution in [3.63, 3.8) is 0 Å². The Morgan fingerprint density at radius 1 is 0.810 bits per heavy atom. The van der Waals surface area contributed by atoms with Crippen molar-refractivity contribution in [1.82, 2.24) is 0 Å². The van der Waals surface area contributed by atoms with Gasteiger partial charge >= 0.3 is 18.5 Å². The van der Waals surface area contributed by atoms with Gasteiger partial charge in [0.05, 0.1) is 17.0 Å². The first kappa shape index (κ1) is 17.4. The first-order valence-corrected chi connectivity index (χ1v) is 5.23. The first-order valence-electron chi connectivity index (χ1n) is 5.23. The van der Waals surface area contributed by atoms with Crippen LogP contribution in [0.25, 0.3) is 0 Å². The van der Waals surface area contributed by atoms with Crippen LogP contribution in [0.1, 0.15) is 29.5 Å². The highest BCUT2D eigenvalue weighted by Crippen LogP contribution is 2.46. The molecule has 1 atom stereocenters. The number of benzene rings is 1. The molecule has 0 aliphatic rings. The SMILES string of the molecule is CC(c1cc(O)c(C(F)(F)F)cc1C(F)(F)F)C(F)(F)F. The van der Waals surface area contributed by atoms with Gasteiger partial charge in [0, 0.05) is 0 Å². The topological polar surface area (TPSA) is 20.2 Å². The van der Waals surface area contributed by atoms with Gasteiger partial charge in [0.25, 0.3) is 0 Å². The Labute approximate surface area is 112 Å². The molecule has 0 aliphatic carbocycles. The normalized spacial score (nSPS) is 15.1. The van der Waals surface area contributed by atoms with Crippen LogP contribution in [-0.2, 0) is 12.4 Å². The average Bonchev–Trinajstić information content (AvgIpc) is 2.22. The van der Waals surface area contributed by atoms with Crippen LogP contribution >= 0.6 is 0 Å². The molecule has 0 bridgehead atoms. The molecule has 0 saturated carbocycles. The Hall–Kier alpha value is -1.61. The van der Waals surface area contributed by atoms with Crippen LogP contribution in [0.2, 0.25) is 0 Å². The van der Waals surface area contributed by atoms with Crippen LogP contribution in [0.5, 0.6) is 5.75 Å². The molecule has 1 rings (SSSR count). The van der Waals surface area contributed by atoms with E-state index in [2.05, 4.69) is 0 Å². The molecule has 1 unspecified atom stereocenters. The van der Waals surface area contributed by atoms with Gasteiger partial charge in [0.1, 0.15) is 5.75 Å². The predicted molar refractivity (Wildman–Crippen MR) is 52.6 cm³/mol. The zero-order valence-electron chi connectivity index (χ0n) is 10.1. The molecule has 0 spiro atoms. The average molecular weight is 326 g/mol. The van der Waals surface area contributed by atoms with E-state index < -0.39 is 53.0 Å². The van der Waals surface area contributed by atoms with E-state index in [1.54, 1.807) is 0 Å². The summed E-state index contributed by atoms with van der Waals surface area (Å²) >= 11 is 0. The van der Waals surface area contributed by atoms with Gasteiger partial charge in [0.2, 0.25) is 0 Å². The number of halogens is 9. The maximum atomic E-state index is 12.7. The summed E-state index contributed by atoms with van der Waals surface area (Å²) in [6.45, 7) is 0.358. The lowest BCUT2D eigenvalue weighted by atomic mass is 9.92. The third kappa shape index (κ3) is 3.73. The van der Waals surface area contributed by atoms with Crippen molar-refractivity contribution in [1.29, 1.82) is 0 Å². The third-order valence-corrected chi connectivity index (χ3v) is 2.74. The molecule has 1 aromatic carbocycles. The molecule has 0 aromatic heterocycles. The molecule has 0 amide bonds. The fraction of sp³-hybridized carbons (Fsp3) is 0.455. The van der Waals surface area contributed by atoms with Crippen LogP contribution in [0.3, 0.4) is 0 Å². The molecule has 1 nitrogen and oxygen atoms in total. The van der Waals surface area contributed by atoms with E-state index in [0.29, 0.717) is 6.92 Å². The Morgan fingerprint density at radius 2 is 1.24 bits per heavy atom. The van der Waals surface area contributed by atoms with E-state index in [1.807, 2.05) is 0 Å². The summed E-state index contributed by atoms with van der Waals surface area (Å²) in [6, 6.07) is -0.670. The van der Waals surface area contributed by atoms with E-state index in [4.69, 9.17) is 5.11 Å². The fourth-order valence-electron chi connectivity index (χ4n) is 1.61. The monoisotopic (exact) mass is 326 g/mol. The molecule has 0 aliphatic heterocycles. The molecule has 0 saturated heterocycles. The van der Waals surface area contributed by atoms with Crippen molar-refractivity contribution in [3.05, 3.63) is 28.8 Å². The van der Waals surface area contributed by atoms with Crippen molar-refractivity contribution < 1.29 is 44.6 Å².